The second kappa shape index (κ2) is 10.2. The Morgan fingerprint density at radius 3 is 2.41 bits per heavy atom. The standard InChI is InChI=1S/C25H29N3O3S/c1-19(29)28-22(18-32-25(28)21-11-5-6-12-23(21)30)24(31)27-16-14-26(15-17-27)13-7-10-20-8-3-2-4-9-20/h2-12,22,25,30H,13-18H2,1H3/b10-7+. The van der Waals surface area contributed by atoms with Crippen LogP contribution in [0.5, 0.6) is 5.75 Å². The van der Waals surface area contributed by atoms with E-state index in [1.165, 1.54) is 24.2 Å². The van der Waals surface area contributed by atoms with Crippen molar-refractivity contribution in [1.82, 2.24) is 14.7 Å². The van der Waals surface area contributed by atoms with Gasteiger partial charge in [-0.25, -0.2) is 0 Å². The molecule has 168 valence electrons. The Hall–Kier alpha value is -2.77. The van der Waals surface area contributed by atoms with Gasteiger partial charge in [0.05, 0.1) is 0 Å². The Balaban J connectivity index is 1.35. The maximum absolute atomic E-state index is 13.3. The SMILES string of the molecule is CC(=O)N1C(C(=O)N2CCN(C/C=C/c3ccccc3)CC2)CSC1c1ccccc1O. The van der Waals surface area contributed by atoms with E-state index in [2.05, 4.69) is 29.2 Å². The number of nitrogens with zero attached hydrogens (tertiary/aromatic N) is 3. The zero-order valence-corrected chi connectivity index (χ0v) is 19.1. The molecule has 0 aromatic heterocycles. The van der Waals surface area contributed by atoms with Crippen LogP contribution in [0.25, 0.3) is 6.08 Å². The van der Waals surface area contributed by atoms with Gasteiger partial charge < -0.3 is 14.9 Å². The number of carbonyl (C=O) groups excluding carboxylic acids is 2. The molecule has 0 bridgehead atoms. The molecule has 2 aliphatic heterocycles. The van der Waals surface area contributed by atoms with E-state index < -0.39 is 6.04 Å². The summed E-state index contributed by atoms with van der Waals surface area (Å²) in [6, 6.07) is 16.8. The maximum Gasteiger partial charge on any atom is 0.246 e. The number of hydrogen-bond donors (Lipinski definition) is 1. The molecule has 1 N–H and O–H groups in total. The second-order valence-corrected chi connectivity index (χ2v) is 9.24. The van der Waals surface area contributed by atoms with Crippen LogP contribution in [-0.2, 0) is 9.59 Å². The molecule has 2 amide bonds. The third-order valence-corrected chi connectivity index (χ3v) is 7.31. The van der Waals surface area contributed by atoms with Gasteiger partial charge in [-0.2, -0.15) is 0 Å². The van der Waals surface area contributed by atoms with Gasteiger partial charge in [0.1, 0.15) is 17.2 Å². The number of amides is 2. The number of carbonyl (C=O) groups is 2. The largest absolute Gasteiger partial charge is 0.508 e. The molecule has 2 saturated heterocycles. The number of rotatable bonds is 5. The minimum absolute atomic E-state index is 0.00472. The molecule has 0 saturated carbocycles. The highest BCUT2D eigenvalue weighted by Crippen LogP contribution is 2.44. The van der Waals surface area contributed by atoms with Crippen molar-refractivity contribution in [3.8, 4) is 5.75 Å². The predicted octanol–water partition coefficient (Wildman–Crippen LogP) is 3.21. The van der Waals surface area contributed by atoms with Crippen LogP contribution < -0.4 is 0 Å². The molecule has 0 aliphatic carbocycles. The predicted molar refractivity (Wildman–Crippen MR) is 128 cm³/mol. The molecule has 2 unspecified atom stereocenters. The monoisotopic (exact) mass is 451 g/mol. The lowest BCUT2D eigenvalue weighted by Gasteiger charge is -2.37. The van der Waals surface area contributed by atoms with Crippen LogP contribution in [0.4, 0.5) is 0 Å². The Labute approximate surface area is 193 Å². The van der Waals surface area contributed by atoms with E-state index >= 15 is 0 Å². The van der Waals surface area contributed by atoms with Crippen LogP contribution in [0.1, 0.15) is 23.4 Å². The van der Waals surface area contributed by atoms with Crippen molar-refractivity contribution in [2.45, 2.75) is 18.3 Å². The van der Waals surface area contributed by atoms with Crippen molar-refractivity contribution in [3.63, 3.8) is 0 Å². The molecule has 2 aliphatic rings. The average molecular weight is 452 g/mol. The van der Waals surface area contributed by atoms with Gasteiger partial charge in [-0.05, 0) is 11.6 Å². The summed E-state index contributed by atoms with van der Waals surface area (Å²) in [6.07, 6.45) is 4.28. The summed E-state index contributed by atoms with van der Waals surface area (Å²) < 4.78 is 0. The van der Waals surface area contributed by atoms with Gasteiger partial charge in [0, 0.05) is 51.0 Å². The number of phenolic OH excluding ortho intramolecular Hbond substituents is 1. The van der Waals surface area contributed by atoms with E-state index in [9.17, 15) is 14.7 Å². The van der Waals surface area contributed by atoms with Crippen LogP contribution in [0.3, 0.4) is 0 Å². The highest BCUT2D eigenvalue weighted by Gasteiger charge is 2.43. The number of phenols is 1. The van der Waals surface area contributed by atoms with Gasteiger partial charge in [0.2, 0.25) is 11.8 Å². The molecule has 2 heterocycles. The Morgan fingerprint density at radius 1 is 1.03 bits per heavy atom. The quantitative estimate of drug-likeness (QED) is 0.756. The molecule has 2 aromatic rings. The van der Waals surface area contributed by atoms with Crippen molar-refractivity contribution in [3.05, 3.63) is 71.8 Å². The molecular formula is C25H29N3O3S. The summed E-state index contributed by atoms with van der Waals surface area (Å²) in [5.41, 5.74) is 1.86. The van der Waals surface area contributed by atoms with Crippen molar-refractivity contribution in [1.29, 1.82) is 0 Å². The topological polar surface area (TPSA) is 64.1 Å². The van der Waals surface area contributed by atoms with Crippen molar-refractivity contribution >= 4 is 29.7 Å². The first kappa shape index (κ1) is 22.4. The minimum Gasteiger partial charge on any atom is -0.508 e. The summed E-state index contributed by atoms with van der Waals surface area (Å²) in [5, 5.41) is 9.92. The summed E-state index contributed by atoms with van der Waals surface area (Å²) in [7, 11) is 0. The van der Waals surface area contributed by atoms with Crippen molar-refractivity contribution in [2.75, 3.05) is 38.5 Å². The summed E-state index contributed by atoms with van der Waals surface area (Å²) in [5.74, 6) is 0.551. The van der Waals surface area contributed by atoms with Crippen molar-refractivity contribution < 1.29 is 14.7 Å². The lowest BCUT2D eigenvalue weighted by atomic mass is 10.1. The van der Waals surface area contributed by atoms with Crippen LogP contribution in [0.15, 0.2) is 60.7 Å². The van der Waals surface area contributed by atoms with Gasteiger partial charge in [0.15, 0.2) is 0 Å². The van der Waals surface area contributed by atoms with Crippen molar-refractivity contribution in [2.24, 2.45) is 0 Å². The van der Waals surface area contributed by atoms with Gasteiger partial charge in [-0.3, -0.25) is 14.5 Å². The fourth-order valence-electron chi connectivity index (χ4n) is 4.28. The molecule has 2 aromatic carbocycles. The second-order valence-electron chi connectivity index (χ2n) is 8.13. The molecule has 6 nitrogen and oxygen atoms in total. The Morgan fingerprint density at radius 2 is 1.72 bits per heavy atom. The third-order valence-electron chi connectivity index (χ3n) is 6.01. The normalized spacial score (nSPS) is 21.9. The van der Waals surface area contributed by atoms with Crippen LogP contribution in [0, 0.1) is 0 Å². The summed E-state index contributed by atoms with van der Waals surface area (Å²) >= 11 is 1.53. The zero-order chi connectivity index (χ0) is 22.5. The van der Waals surface area contributed by atoms with E-state index in [0.717, 1.165) is 19.6 Å². The summed E-state index contributed by atoms with van der Waals surface area (Å²) in [6.45, 7) is 5.29. The molecular weight excluding hydrogens is 422 g/mol. The lowest BCUT2D eigenvalue weighted by Crippen LogP contribution is -2.55. The number of aromatic hydroxyl groups is 1. The molecule has 2 fully saturated rings. The fraction of sp³-hybridized carbons (Fsp3) is 0.360. The molecule has 0 radical (unpaired) electrons. The minimum atomic E-state index is -0.494. The number of thioether (sulfide) groups is 1. The van der Waals surface area contributed by atoms with Gasteiger partial charge in [0.25, 0.3) is 0 Å². The Kier molecular flexibility index (Phi) is 7.17. The average Bonchev–Trinajstić information content (AvgIpc) is 3.25. The third kappa shape index (κ3) is 5.00. The van der Waals surface area contributed by atoms with Gasteiger partial charge in [-0.1, -0.05) is 60.7 Å². The molecule has 4 rings (SSSR count). The van der Waals surface area contributed by atoms with Gasteiger partial charge >= 0.3 is 0 Å². The van der Waals surface area contributed by atoms with E-state index in [4.69, 9.17) is 0 Å². The maximum atomic E-state index is 13.3. The molecule has 32 heavy (non-hydrogen) atoms. The van der Waals surface area contributed by atoms with Crippen LogP contribution in [-0.4, -0.2) is 76.1 Å². The highest BCUT2D eigenvalue weighted by atomic mass is 32.2. The number of piperazine rings is 1. The van der Waals surface area contributed by atoms with E-state index in [1.807, 2.05) is 35.2 Å². The first-order chi connectivity index (χ1) is 15.5. The number of benzene rings is 2. The van der Waals surface area contributed by atoms with E-state index in [-0.39, 0.29) is 22.9 Å². The van der Waals surface area contributed by atoms with Crippen LogP contribution >= 0.6 is 11.8 Å². The first-order valence-corrected chi connectivity index (χ1v) is 12.0. The lowest BCUT2D eigenvalue weighted by molar-refractivity contribution is -0.145. The fourth-order valence-corrected chi connectivity index (χ4v) is 5.78. The molecule has 2 atom stereocenters. The van der Waals surface area contributed by atoms with E-state index in [1.54, 1.807) is 17.0 Å². The van der Waals surface area contributed by atoms with E-state index in [0.29, 0.717) is 24.4 Å². The summed E-state index contributed by atoms with van der Waals surface area (Å²) in [4.78, 5) is 31.6. The molecule has 0 spiro atoms. The zero-order valence-electron chi connectivity index (χ0n) is 18.3. The first-order valence-electron chi connectivity index (χ1n) is 11.0. The number of para-hydroxylation sites is 1. The molecule has 7 heteroatoms. The number of hydrogen-bond acceptors (Lipinski definition) is 5. The van der Waals surface area contributed by atoms with Gasteiger partial charge in [-0.15, -0.1) is 11.8 Å². The highest BCUT2D eigenvalue weighted by molar-refractivity contribution is 7.99. The smallest absolute Gasteiger partial charge is 0.246 e. The van der Waals surface area contributed by atoms with Crippen LogP contribution in [0.2, 0.25) is 0 Å². The Bertz CT molecular complexity index is 973.